The molecule has 7 heteroatoms. The van der Waals surface area contributed by atoms with Crippen LogP contribution in [0.15, 0.2) is 91.1 Å². The number of benzene rings is 3. The smallest absolute Gasteiger partial charge is 0.255 e. The summed E-state index contributed by atoms with van der Waals surface area (Å²) in [6.45, 7) is 2.11. The monoisotopic (exact) mass is 455 g/mol. The highest BCUT2D eigenvalue weighted by molar-refractivity contribution is 6.05. The second-order valence-electron chi connectivity index (χ2n) is 7.59. The number of halogens is 1. The van der Waals surface area contributed by atoms with Crippen molar-refractivity contribution in [3.63, 3.8) is 0 Å². The lowest BCUT2D eigenvalue weighted by Crippen LogP contribution is -2.23. The van der Waals surface area contributed by atoms with E-state index in [2.05, 4.69) is 15.6 Å². The van der Waals surface area contributed by atoms with Crippen molar-refractivity contribution in [3.8, 4) is 11.6 Å². The molecular formula is C27H22FN3O3. The highest BCUT2D eigenvalue weighted by Crippen LogP contribution is 2.21. The lowest BCUT2D eigenvalue weighted by atomic mass is 10.1. The van der Waals surface area contributed by atoms with Gasteiger partial charge in [-0.25, -0.2) is 9.37 Å². The molecule has 2 amide bonds. The maximum Gasteiger partial charge on any atom is 0.255 e. The molecule has 0 radical (unpaired) electrons. The van der Waals surface area contributed by atoms with E-state index < -0.39 is 0 Å². The summed E-state index contributed by atoms with van der Waals surface area (Å²) in [5.41, 5.74) is 3.15. The van der Waals surface area contributed by atoms with Gasteiger partial charge in [0.25, 0.3) is 11.8 Å². The number of aryl methyl sites for hydroxylation is 1. The fraction of sp³-hybridized carbons (Fsp3) is 0.0741. The second-order valence-corrected chi connectivity index (χ2v) is 7.59. The molecule has 3 aromatic carbocycles. The van der Waals surface area contributed by atoms with Gasteiger partial charge in [0, 0.05) is 35.6 Å². The molecule has 0 aliphatic carbocycles. The molecule has 4 rings (SSSR count). The van der Waals surface area contributed by atoms with Crippen molar-refractivity contribution in [2.45, 2.75) is 13.5 Å². The highest BCUT2D eigenvalue weighted by Gasteiger charge is 2.12. The van der Waals surface area contributed by atoms with Gasteiger partial charge in [-0.3, -0.25) is 9.59 Å². The van der Waals surface area contributed by atoms with Crippen molar-refractivity contribution in [3.05, 3.63) is 119 Å². The normalized spacial score (nSPS) is 10.4. The number of nitrogens with zero attached hydrogens (tertiary/aromatic N) is 1. The van der Waals surface area contributed by atoms with Gasteiger partial charge in [-0.05, 0) is 72.6 Å². The molecule has 0 aliphatic heterocycles. The molecule has 0 atom stereocenters. The Morgan fingerprint density at radius 2 is 1.65 bits per heavy atom. The Balaban J connectivity index is 1.40. The number of nitrogens with one attached hydrogen (secondary N) is 2. The fourth-order valence-electron chi connectivity index (χ4n) is 3.21. The molecule has 0 aliphatic rings. The Morgan fingerprint density at radius 1 is 0.882 bits per heavy atom. The van der Waals surface area contributed by atoms with E-state index in [-0.39, 0.29) is 24.2 Å². The molecule has 0 saturated carbocycles. The average molecular weight is 455 g/mol. The minimum Gasteiger partial charge on any atom is -0.439 e. The zero-order chi connectivity index (χ0) is 23.9. The van der Waals surface area contributed by atoms with Gasteiger partial charge in [-0.1, -0.05) is 24.3 Å². The summed E-state index contributed by atoms with van der Waals surface area (Å²) in [5, 5.41) is 5.72. The Labute approximate surface area is 196 Å². The van der Waals surface area contributed by atoms with Gasteiger partial charge in [0.15, 0.2) is 0 Å². The van der Waals surface area contributed by atoms with Crippen LogP contribution in [0.3, 0.4) is 0 Å². The summed E-state index contributed by atoms with van der Waals surface area (Å²) >= 11 is 0. The summed E-state index contributed by atoms with van der Waals surface area (Å²) in [6.07, 6.45) is 1.57. The summed E-state index contributed by atoms with van der Waals surface area (Å²) in [4.78, 5) is 29.4. The molecule has 0 spiro atoms. The van der Waals surface area contributed by atoms with Crippen LogP contribution in [0.1, 0.15) is 31.8 Å². The first-order valence-corrected chi connectivity index (χ1v) is 10.6. The number of hydrogen-bond acceptors (Lipinski definition) is 4. The van der Waals surface area contributed by atoms with Crippen molar-refractivity contribution in [2.24, 2.45) is 0 Å². The highest BCUT2D eigenvalue weighted by atomic mass is 19.1. The lowest BCUT2D eigenvalue weighted by Gasteiger charge is -2.12. The number of carbonyl (C=O) groups is 2. The van der Waals surface area contributed by atoms with Crippen LogP contribution in [0, 0.1) is 12.7 Å². The van der Waals surface area contributed by atoms with Crippen LogP contribution < -0.4 is 15.4 Å². The molecule has 4 aromatic rings. The minimum absolute atomic E-state index is 0.244. The predicted octanol–water partition coefficient (Wildman–Crippen LogP) is 5.50. The van der Waals surface area contributed by atoms with Gasteiger partial charge in [-0.2, -0.15) is 0 Å². The Kier molecular flexibility index (Phi) is 6.93. The Bertz CT molecular complexity index is 1310. The largest absolute Gasteiger partial charge is 0.439 e. The summed E-state index contributed by atoms with van der Waals surface area (Å²) < 4.78 is 18.7. The molecule has 0 fully saturated rings. The van der Waals surface area contributed by atoms with Gasteiger partial charge >= 0.3 is 0 Å². The third-order valence-electron chi connectivity index (χ3n) is 5.07. The van der Waals surface area contributed by atoms with Gasteiger partial charge in [0.05, 0.1) is 0 Å². The van der Waals surface area contributed by atoms with Crippen LogP contribution in [0.4, 0.5) is 10.1 Å². The van der Waals surface area contributed by atoms with Crippen molar-refractivity contribution in [1.29, 1.82) is 0 Å². The number of pyridine rings is 1. The van der Waals surface area contributed by atoms with Crippen LogP contribution in [0.25, 0.3) is 0 Å². The van der Waals surface area contributed by atoms with Crippen molar-refractivity contribution >= 4 is 17.5 Å². The van der Waals surface area contributed by atoms with Crippen molar-refractivity contribution in [1.82, 2.24) is 10.3 Å². The van der Waals surface area contributed by atoms with Crippen LogP contribution in [-0.4, -0.2) is 16.8 Å². The van der Waals surface area contributed by atoms with E-state index in [1.165, 1.54) is 24.3 Å². The molecule has 0 unspecified atom stereocenters. The van der Waals surface area contributed by atoms with E-state index in [0.717, 1.165) is 11.1 Å². The number of aromatic nitrogens is 1. The summed E-state index contributed by atoms with van der Waals surface area (Å²) in [5.74, 6) is -0.0881. The van der Waals surface area contributed by atoms with Crippen LogP contribution >= 0.6 is 0 Å². The maximum atomic E-state index is 13.1. The first kappa shape index (κ1) is 22.7. The molecule has 170 valence electrons. The molecule has 0 bridgehead atoms. The standard InChI is InChI=1S/C27H22FN3O3/c1-18-7-8-21(16-24(18)31-27(33)20-5-3-2-4-6-20)26(32)30-17-19-13-14-29-25(15-19)34-23-11-9-22(28)10-12-23/h2-16H,17H2,1H3,(H,30,32)(H,31,33). The van der Waals surface area contributed by atoms with E-state index in [9.17, 15) is 14.0 Å². The van der Waals surface area contributed by atoms with E-state index in [4.69, 9.17) is 4.74 Å². The molecule has 0 saturated heterocycles. The van der Waals surface area contributed by atoms with Crippen LogP contribution in [0.5, 0.6) is 11.6 Å². The number of anilines is 1. The quantitative estimate of drug-likeness (QED) is 0.385. The molecule has 2 N–H and O–H groups in total. The molecule has 34 heavy (non-hydrogen) atoms. The van der Waals surface area contributed by atoms with E-state index in [1.54, 1.807) is 60.8 Å². The Morgan fingerprint density at radius 3 is 2.41 bits per heavy atom. The summed E-state index contributed by atoms with van der Waals surface area (Å²) in [6, 6.07) is 23.1. The third kappa shape index (κ3) is 5.83. The maximum absolute atomic E-state index is 13.1. The van der Waals surface area contributed by atoms with E-state index in [0.29, 0.717) is 28.4 Å². The van der Waals surface area contributed by atoms with Crippen molar-refractivity contribution < 1.29 is 18.7 Å². The number of ether oxygens (including phenoxy) is 1. The fourth-order valence-corrected chi connectivity index (χ4v) is 3.21. The molecule has 1 aromatic heterocycles. The zero-order valence-electron chi connectivity index (χ0n) is 18.4. The zero-order valence-corrected chi connectivity index (χ0v) is 18.4. The van der Waals surface area contributed by atoms with E-state index in [1.807, 2.05) is 13.0 Å². The van der Waals surface area contributed by atoms with Crippen molar-refractivity contribution in [2.75, 3.05) is 5.32 Å². The Hall–Kier alpha value is -4.52. The van der Waals surface area contributed by atoms with Gasteiger partial charge in [0.2, 0.25) is 5.88 Å². The molecule has 6 nitrogen and oxygen atoms in total. The topological polar surface area (TPSA) is 80.3 Å². The van der Waals surface area contributed by atoms with Crippen LogP contribution in [-0.2, 0) is 6.54 Å². The minimum atomic E-state index is -0.351. The first-order chi connectivity index (χ1) is 16.5. The second kappa shape index (κ2) is 10.4. The third-order valence-corrected chi connectivity index (χ3v) is 5.07. The van der Waals surface area contributed by atoms with Crippen LogP contribution in [0.2, 0.25) is 0 Å². The number of rotatable bonds is 7. The molecule has 1 heterocycles. The molecular weight excluding hydrogens is 433 g/mol. The van der Waals surface area contributed by atoms with Gasteiger partial charge in [0.1, 0.15) is 11.6 Å². The predicted molar refractivity (Wildman–Crippen MR) is 127 cm³/mol. The summed E-state index contributed by atoms with van der Waals surface area (Å²) in [7, 11) is 0. The first-order valence-electron chi connectivity index (χ1n) is 10.6. The van der Waals surface area contributed by atoms with Gasteiger partial charge in [-0.15, -0.1) is 0 Å². The average Bonchev–Trinajstić information content (AvgIpc) is 2.86. The van der Waals surface area contributed by atoms with Gasteiger partial charge < -0.3 is 15.4 Å². The number of amides is 2. The SMILES string of the molecule is Cc1ccc(C(=O)NCc2ccnc(Oc3ccc(F)cc3)c2)cc1NC(=O)c1ccccc1. The lowest BCUT2D eigenvalue weighted by molar-refractivity contribution is 0.0949. The number of carbonyl (C=O) groups excluding carboxylic acids is 2. The number of hydrogen-bond donors (Lipinski definition) is 2. The van der Waals surface area contributed by atoms with E-state index >= 15 is 0 Å².